The lowest BCUT2D eigenvalue weighted by Crippen LogP contribution is -2.59. The highest BCUT2D eigenvalue weighted by Gasteiger charge is 2.48. The van der Waals surface area contributed by atoms with Crippen molar-refractivity contribution in [2.24, 2.45) is 5.73 Å². The van der Waals surface area contributed by atoms with Crippen LogP contribution >= 0.6 is 0 Å². The first-order valence-corrected chi connectivity index (χ1v) is 8.77. The maximum atomic E-state index is 12.8. The maximum Gasteiger partial charge on any atom is 0.245 e. The molecule has 5 heteroatoms. The molecule has 1 fully saturated rings. The SMILES string of the molecule is COCC1(C(N)=O)CCCN1C(=O)Cc1ccc2c(c1)CCCC2. The summed E-state index contributed by atoms with van der Waals surface area (Å²) in [6.45, 7) is 0.730. The van der Waals surface area contributed by atoms with Gasteiger partial charge in [-0.2, -0.15) is 0 Å². The third-order valence-corrected chi connectivity index (χ3v) is 5.40. The first-order valence-electron chi connectivity index (χ1n) is 8.77. The number of aryl methyl sites for hydroxylation is 2. The standard InChI is InChI=1S/C19H26N2O3/c1-24-13-19(18(20)23)9-4-10-21(19)17(22)12-14-7-8-15-5-2-3-6-16(15)11-14/h7-8,11H,2-6,9-10,12-13H2,1H3,(H2,20,23). The lowest BCUT2D eigenvalue weighted by Gasteiger charge is -2.35. The molecule has 0 aromatic heterocycles. The van der Waals surface area contributed by atoms with Crippen molar-refractivity contribution in [1.29, 1.82) is 0 Å². The average Bonchev–Trinajstić information content (AvgIpc) is 3.00. The summed E-state index contributed by atoms with van der Waals surface area (Å²) in [6, 6.07) is 6.35. The van der Waals surface area contributed by atoms with Crippen LogP contribution in [0.4, 0.5) is 0 Å². The minimum Gasteiger partial charge on any atom is -0.382 e. The number of methoxy groups -OCH3 is 1. The van der Waals surface area contributed by atoms with Crippen LogP contribution in [-0.2, 0) is 33.6 Å². The average molecular weight is 330 g/mol. The van der Waals surface area contributed by atoms with E-state index in [0.29, 0.717) is 19.4 Å². The van der Waals surface area contributed by atoms with Crippen molar-refractivity contribution < 1.29 is 14.3 Å². The first kappa shape index (κ1) is 17.0. The van der Waals surface area contributed by atoms with Crippen molar-refractivity contribution >= 4 is 11.8 Å². The smallest absolute Gasteiger partial charge is 0.245 e. The summed E-state index contributed by atoms with van der Waals surface area (Å²) in [5.41, 5.74) is 8.42. The van der Waals surface area contributed by atoms with Gasteiger partial charge in [0.2, 0.25) is 11.8 Å². The first-order chi connectivity index (χ1) is 11.6. The predicted molar refractivity (Wildman–Crippen MR) is 91.5 cm³/mol. The maximum absolute atomic E-state index is 12.8. The van der Waals surface area contributed by atoms with Crippen molar-refractivity contribution in [1.82, 2.24) is 4.90 Å². The van der Waals surface area contributed by atoms with Crippen LogP contribution in [0.5, 0.6) is 0 Å². The molecule has 1 aromatic carbocycles. The number of fused-ring (bicyclic) bond motifs is 1. The summed E-state index contributed by atoms with van der Waals surface area (Å²) < 4.78 is 5.20. The van der Waals surface area contributed by atoms with E-state index in [1.165, 1.54) is 31.1 Å². The molecule has 0 radical (unpaired) electrons. The summed E-state index contributed by atoms with van der Waals surface area (Å²) in [6.07, 6.45) is 6.36. The Kier molecular flexibility index (Phi) is 4.90. The number of amides is 2. The van der Waals surface area contributed by atoms with Crippen molar-refractivity contribution in [3.8, 4) is 0 Å². The molecular formula is C19H26N2O3. The van der Waals surface area contributed by atoms with Gasteiger partial charge in [-0.3, -0.25) is 9.59 Å². The van der Waals surface area contributed by atoms with E-state index in [0.717, 1.165) is 24.8 Å². The van der Waals surface area contributed by atoms with Gasteiger partial charge in [-0.15, -0.1) is 0 Å². The second kappa shape index (κ2) is 6.93. The number of nitrogens with zero attached hydrogens (tertiary/aromatic N) is 1. The van der Waals surface area contributed by atoms with Gasteiger partial charge in [0.05, 0.1) is 13.0 Å². The number of rotatable bonds is 5. The molecule has 130 valence electrons. The van der Waals surface area contributed by atoms with Crippen LogP contribution in [0.25, 0.3) is 0 Å². The van der Waals surface area contributed by atoms with Gasteiger partial charge in [0.15, 0.2) is 0 Å². The van der Waals surface area contributed by atoms with E-state index in [1.807, 2.05) is 6.07 Å². The molecule has 0 saturated carbocycles. The molecule has 0 spiro atoms. The van der Waals surface area contributed by atoms with Crippen LogP contribution in [0.2, 0.25) is 0 Å². The van der Waals surface area contributed by atoms with E-state index in [9.17, 15) is 9.59 Å². The highest BCUT2D eigenvalue weighted by molar-refractivity contribution is 5.92. The fourth-order valence-corrected chi connectivity index (χ4v) is 4.13. The molecule has 24 heavy (non-hydrogen) atoms. The van der Waals surface area contributed by atoms with Gasteiger partial charge in [-0.05, 0) is 55.2 Å². The third-order valence-electron chi connectivity index (χ3n) is 5.40. The molecule has 3 rings (SSSR count). The fourth-order valence-electron chi connectivity index (χ4n) is 4.13. The second-order valence-corrected chi connectivity index (χ2v) is 6.96. The number of benzene rings is 1. The van der Waals surface area contributed by atoms with Gasteiger partial charge in [0.25, 0.3) is 0 Å². The van der Waals surface area contributed by atoms with E-state index in [1.54, 1.807) is 4.90 Å². The molecule has 1 atom stereocenters. The summed E-state index contributed by atoms with van der Waals surface area (Å²) in [5.74, 6) is -0.514. The minimum absolute atomic E-state index is 0.0425. The van der Waals surface area contributed by atoms with Gasteiger partial charge in [0.1, 0.15) is 5.54 Å². The second-order valence-electron chi connectivity index (χ2n) is 6.96. The summed E-state index contributed by atoms with van der Waals surface area (Å²) in [7, 11) is 1.54. The normalized spacial score (nSPS) is 23.1. The topological polar surface area (TPSA) is 72.6 Å². The van der Waals surface area contributed by atoms with Crippen LogP contribution in [0.15, 0.2) is 18.2 Å². The molecule has 1 saturated heterocycles. The summed E-state index contributed by atoms with van der Waals surface area (Å²) in [4.78, 5) is 26.5. The molecule has 2 aliphatic rings. The van der Waals surface area contributed by atoms with Gasteiger partial charge >= 0.3 is 0 Å². The fraction of sp³-hybridized carbons (Fsp3) is 0.579. The molecular weight excluding hydrogens is 304 g/mol. The van der Waals surface area contributed by atoms with Gasteiger partial charge in [-0.25, -0.2) is 0 Å². The van der Waals surface area contributed by atoms with E-state index in [4.69, 9.17) is 10.5 Å². The van der Waals surface area contributed by atoms with E-state index < -0.39 is 11.4 Å². The lowest BCUT2D eigenvalue weighted by atomic mass is 9.89. The Balaban J connectivity index is 1.77. The van der Waals surface area contributed by atoms with Crippen LogP contribution in [0.1, 0.15) is 42.4 Å². The lowest BCUT2D eigenvalue weighted by molar-refractivity contribution is -0.146. The molecule has 2 amide bonds. The van der Waals surface area contributed by atoms with E-state index >= 15 is 0 Å². The van der Waals surface area contributed by atoms with Crippen molar-refractivity contribution in [3.05, 3.63) is 34.9 Å². The molecule has 1 aromatic rings. The molecule has 5 nitrogen and oxygen atoms in total. The summed E-state index contributed by atoms with van der Waals surface area (Å²) in [5, 5.41) is 0. The number of ether oxygens (including phenoxy) is 1. The predicted octanol–water partition coefficient (Wildman–Crippen LogP) is 1.60. The zero-order chi connectivity index (χ0) is 17.2. The number of hydrogen-bond donors (Lipinski definition) is 1. The largest absolute Gasteiger partial charge is 0.382 e. The number of nitrogens with two attached hydrogens (primary N) is 1. The zero-order valence-electron chi connectivity index (χ0n) is 14.3. The van der Waals surface area contributed by atoms with Crippen molar-refractivity contribution in [3.63, 3.8) is 0 Å². The molecule has 0 bridgehead atoms. The number of carbonyl (C=O) groups is 2. The Labute approximate surface area is 143 Å². The third kappa shape index (κ3) is 3.05. The van der Waals surface area contributed by atoms with Crippen LogP contribution in [0, 0.1) is 0 Å². The molecule has 1 heterocycles. The van der Waals surface area contributed by atoms with E-state index in [2.05, 4.69) is 12.1 Å². The van der Waals surface area contributed by atoms with Gasteiger partial charge in [-0.1, -0.05) is 18.2 Å². The molecule has 1 unspecified atom stereocenters. The Morgan fingerprint density at radius 1 is 1.21 bits per heavy atom. The van der Waals surface area contributed by atoms with Crippen molar-refractivity contribution in [2.45, 2.75) is 50.5 Å². The number of hydrogen-bond acceptors (Lipinski definition) is 3. The van der Waals surface area contributed by atoms with Crippen LogP contribution < -0.4 is 5.73 Å². The van der Waals surface area contributed by atoms with Gasteiger partial charge < -0.3 is 15.4 Å². The molecule has 2 N–H and O–H groups in total. The molecule has 1 aliphatic carbocycles. The van der Waals surface area contributed by atoms with E-state index in [-0.39, 0.29) is 12.5 Å². The minimum atomic E-state index is -0.986. The Hall–Kier alpha value is -1.88. The summed E-state index contributed by atoms with van der Waals surface area (Å²) >= 11 is 0. The van der Waals surface area contributed by atoms with Crippen molar-refractivity contribution in [2.75, 3.05) is 20.3 Å². The Bertz CT molecular complexity index is 643. The Morgan fingerprint density at radius 3 is 2.67 bits per heavy atom. The number of likely N-dealkylation sites (tertiary alicyclic amines) is 1. The van der Waals surface area contributed by atoms with Gasteiger partial charge in [0, 0.05) is 13.7 Å². The van der Waals surface area contributed by atoms with Crippen LogP contribution in [0.3, 0.4) is 0 Å². The number of carbonyl (C=O) groups excluding carboxylic acids is 2. The quantitative estimate of drug-likeness (QED) is 0.891. The Morgan fingerprint density at radius 2 is 1.96 bits per heavy atom. The monoisotopic (exact) mass is 330 g/mol. The molecule has 1 aliphatic heterocycles. The number of primary amides is 1. The highest BCUT2D eigenvalue weighted by atomic mass is 16.5. The highest BCUT2D eigenvalue weighted by Crippen LogP contribution is 2.31. The van der Waals surface area contributed by atoms with Crippen LogP contribution in [-0.4, -0.2) is 42.5 Å². The zero-order valence-corrected chi connectivity index (χ0v) is 14.3.